The highest BCUT2D eigenvalue weighted by Gasteiger charge is 2.13. The van der Waals surface area contributed by atoms with Crippen molar-refractivity contribution in [2.24, 2.45) is 0 Å². The third-order valence-corrected chi connectivity index (χ3v) is 3.34. The van der Waals surface area contributed by atoms with E-state index in [0.717, 1.165) is 5.56 Å². The number of carbonyl (C=O) groups excluding carboxylic acids is 1. The first-order valence-corrected chi connectivity index (χ1v) is 7.40. The van der Waals surface area contributed by atoms with Crippen molar-refractivity contribution in [3.63, 3.8) is 0 Å². The number of carbonyl (C=O) groups is 1. The summed E-state index contributed by atoms with van der Waals surface area (Å²) in [6.45, 7) is 0.0756. The van der Waals surface area contributed by atoms with Gasteiger partial charge in [-0.15, -0.1) is 0 Å². The molecule has 0 saturated heterocycles. The molecule has 0 heterocycles. The van der Waals surface area contributed by atoms with E-state index in [2.05, 4.69) is 5.32 Å². The van der Waals surface area contributed by atoms with Crippen molar-refractivity contribution >= 4 is 5.91 Å². The summed E-state index contributed by atoms with van der Waals surface area (Å²) in [7, 11) is 1.57. The van der Waals surface area contributed by atoms with E-state index in [9.17, 15) is 9.90 Å². The second kappa shape index (κ2) is 8.92. The molecule has 0 saturated carbocycles. The van der Waals surface area contributed by atoms with Crippen LogP contribution in [0.15, 0.2) is 54.6 Å². The van der Waals surface area contributed by atoms with Crippen molar-refractivity contribution in [3.8, 4) is 5.75 Å². The van der Waals surface area contributed by atoms with E-state index < -0.39 is 0 Å². The fraction of sp³-hybridized carbons (Fsp3) is 0.278. The molecular formula is C18H21NO4. The summed E-state index contributed by atoms with van der Waals surface area (Å²) in [5.74, 6) is 0.522. The number of aliphatic hydroxyl groups is 1. The average Bonchev–Trinajstić information content (AvgIpc) is 2.61. The molecule has 1 amide bonds. The second-order valence-electron chi connectivity index (χ2n) is 5.12. The minimum absolute atomic E-state index is 0.125. The Morgan fingerprint density at radius 3 is 2.43 bits per heavy atom. The summed E-state index contributed by atoms with van der Waals surface area (Å²) < 4.78 is 10.2. The lowest BCUT2D eigenvalue weighted by molar-refractivity contribution is 0.0511. The lowest BCUT2D eigenvalue weighted by Crippen LogP contribution is -2.39. The highest BCUT2D eigenvalue weighted by molar-refractivity contribution is 5.94. The van der Waals surface area contributed by atoms with Crippen molar-refractivity contribution < 1.29 is 19.4 Å². The molecule has 0 radical (unpaired) electrons. The first-order chi connectivity index (χ1) is 11.2. The molecule has 2 aromatic carbocycles. The molecule has 0 fully saturated rings. The number of rotatable bonds is 8. The number of methoxy groups -OCH3 is 1. The topological polar surface area (TPSA) is 67.8 Å². The Balaban J connectivity index is 1.92. The molecule has 122 valence electrons. The maximum Gasteiger partial charge on any atom is 0.251 e. The summed E-state index contributed by atoms with van der Waals surface area (Å²) in [6, 6.07) is 16.1. The fourth-order valence-corrected chi connectivity index (χ4v) is 2.15. The van der Waals surface area contributed by atoms with E-state index in [-0.39, 0.29) is 25.3 Å². The van der Waals surface area contributed by atoms with Crippen LogP contribution < -0.4 is 10.1 Å². The van der Waals surface area contributed by atoms with Crippen molar-refractivity contribution in [1.29, 1.82) is 0 Å². The number of hydrogen-bond donors (Lipinski definition) is 2. The smallest absolute Gasteiger partial charge is 0.251 e. The summed E-state index contributed by atoms with van der Waals surface area (Å²) >= 11 is 0. The van der Waals surface area contributed by atoms with Gasteiger partial charge in [0.1, 0.15) is 5.75 Å². The number of benzene rings is 2. The predicted octanol–water partition coefficient (Wildman–Crippen LogP) is 2.00. The first kappa shape index (κ1) is 17.0. The van der Waals surface area contributed by atoms with E-state index in [1.807, 2.05) is 42.5 Å². The van der Waals surface area contributed by atoms with Gasteiger partial charge in [0, 0.05) is 12.7 Å². The number of aliphatic hydroxyl groups excluding tert-OH is 1. The molecule has 0 aromatic heterocycles. The van der Waals surface area contributed by atoms with Crippen LogP contribution in [0.1, 0.15) is 15.9 Å². The van der Waals surface area contributed by atoms with Gasteiger partial charge in [-0.3, -0.25) is 4.79 Å². The van der Waals surface area contributed by atoms with Crippen LogP contribution in [0.25, 0.3) is 0 Å². The van der Waals surface area contributed by atoms with Crippen LogP contribution >= 0.6 is 0 Å². The maximum atomic E-state index is 12.1. The third kappa shape index (κ3) is 5.39. The summed E-state index contributed by atoms with van der Waals surface area (Å²) in [5.41, 5.74) is 1.58. The standard InChI is InChI=1S/C18H21NO4/c1-22-13-23-17-9-7-14(8-10-17)11-16(12-20)19-18(21)15-5-3-2-4-6-15/h2-10,16,20H,11-13H2,1H3,(H,19,21)/t16-/m1/s1. The molecule has 23 heavy (non-hydrogen) atoms. The Morgan fingerprint density at radius 2 is 1.83 bits per heavy atom. The highest BCUT2D eigenvalue weighted by atomic mass is 16.7. The van der Waals surface area contributed by atoms with Crippen LogP contribution in [0.4, 0.5) is 0 Å². The maximum absolute atomic E-state index is 12.1. The van der Waals surface area contributed by atoms with Crippen LogP contribution in [0.5, 0.6) is 5.75 Å². The Bertz CT molecular complexity index is 598. The molecule has 0 spiro atoms. The third-order valence-electron chi connectivity index (χ3n) is 3.34. The van der Waals surface area contributed by atoms with Crippen LogP contribution in [0.2, 0.25) is 0 Å². The fourth-order valence-electron chi connectivity index (χ4n) is 2.15. The van der Waals surface area contributed by atoms with E-state index in [4.69, 9.17) is 9.47 Å². The van der Waals surface area contributed by atoms with Gasteiger partial charge >= 0.3 is 0 Å². The van der Waals surface area contributed by atoms with Crippen molar-refractivity contribution in [2.75, 3.05) is 20.5 Å². The Labute approximate surface area is 135 Å². The van der Waals surface area contributed by atoms with E-state index in [1.165, 1.54) is 0 Å². The van der Waals surface area contributed by atoms with Crippen molar-refractivity contribution in [1.82, 2.24) is 5.32 Å². The van der Waals surface area contributed by atoms with Gasteiger partial charge in [-0.25, -0.2) is 0 Å². The van der Waals surface area contributed by atoms with Gasteiger partial charge in [-0.2, -0.15) is 0 Å². The average molecular weight is 315 g/mol. The molecule has 2 rings (SSSR count). The van der Waals surface area contributed by atoms with Gasteiger partial charge in [0.2, 0.25) is 0 Å². The van der Waals surface area contributed by atoms with Crippen LogP contribution in [-0.2, 0) is 11.2 Å². The van der Waals surface area contributed by atoms with Gasteiger partial charge in [0.15, 0.2) is 6.79 Å². The number of ether oxygens (including phenoxy) is 2. The molecule has 0 unspecified atom stereocenters. The lowest BCUT2D eigenvalue weighted by atomic mass is 10.1. The van der Waals surface area contributed by atoms with E-state index in [0.29, 0.717) is 17.7 Å². The van der Waals surface area contributed by atoms with Crippen molar-refractivity contribution in [2.45, 2.75) is 12.5 Å². The van der Waals surface area contributed by atoms with Crippen LogP contribution in [0, 0.1) is 0 Å². The summed E-state index contributed by atoms with van der Waals surface area (Å²) in [6.07, 6.45) is 0.541. The molecule has 2 aromatic rings. The molecule has 0 bridgehead atoms. The Hall–Kier alpha value is -2.37. The summed E-state index contributed by atoms with van der Waals surface area (Å²) in [5, 5.41) is 12.3. The zero-order chi connectivity index (χ0) is 16.5. The van der Waals surface area contributed by atoms with Gasteiger partial charge in [0.25, 0.3) is 5.91 Å². The molecule has 1 atom stereocenters. The molecule has 2 N–H and O–H groups in total. The zero-order valence-electron chi connectivity index (χ0n) is 13.1. The van der Waals surface area contributed by atoms with E-state index in [1.54, 1.807) is 19.2 Å². The highest BCUT2D eigenvalue weighted by Crippen LogP contribution is 2.13. The normalized spacial score (nSPS) is 11.7. The number of nitrogens with one attached hydrogen (secondary N) is 1. The zero-order valence-corrected chi connectivity index (χ0v) is 13.1. The van der Waals surface area contributed by atoms with Gasteiger partial charge < -0.3 is 19.9 Å². The van der Waals surface area contributed by atoms with Crippen molar-refractivity contribution in [3.05, 3.63) is 65.7 Å². The molecule has 0 aliphatic carbocycles. The Morgan fingerprint density at radius 1 is 1.13 bits per heavy atom. The molecule has 5 nitrogen and oxygen atoms in total. The predicted molar refractivity (Wildman–Crippen MR) is 87.4 cm³/mol. The quantitative estimate of drug-likeness (QED) is 0.731. The second-order valence-corrected chi connectivity index (χ2v) is 5.12. The molecule has 0 aliphatic heterocycles. The van der Waals surface area contributed by atoms with Crippen LogP contribution in [-0.4, -0.2) is 37.6 Å². The van der Waals surface area contributed by atoms with Gasteiger partial charge in [0.05, 0.1) is 12.6 Å². The Kier molecular flexibility index (Phi) is 6.59. The van der Waals surface area contributed by atoms with E-state index >= 15 is 0 Å². The SMILES string of the molecule is COCOc1ccc(C[C@H](CO)NC(=O)c2ccccc2)cc1. The summed E-state index contributed by atoms with van der Waals surface area (Å²) in [4.78, 5) is 12.1. The minimum Gasteiger partial charge on any atom is -0.468 e. The van der Waals surface area contributed by atoms with Gasteiger partial charge in [-0.05, 0) is 36.2 Å². The first-order valence-electron chi connectivity index (χ1n) is 7.40. The molecular weight excluding hydrogens is 294 g/mol. The minimum atomic E-state index is -0.339. The molecule has 0 aliphatic rings. The number of hydrogen-bond acceptors (Lipinski definition) is 4. The monoisotopic (exact) mass is 315 g/mol. The van der Waals surface area contributed by atoms with Crippen LogP contribution in [0.3, 0.4) is 0 Å². The number of amides is 1. The molecule has 5 heteroatoms. The van der Waals surface area contributed by atoms with Gasteiger partial charge in [-0.1, -0.05) is 30.3 Å². The lowest BCUT2D eigenvalue weighted by Gasteiger charge is -2.16. The largest absolute Gasteiger partial charge is 0.468 e.